The van der Waals surface area contributed by atoms with Crippen molar-refractivity contribution in [3.8, 4) is 0 Å². The minimum atomic E-state index is 0.0805. The van der Waals surface area contributed by atoms with Gasteiger partial charge in [0.05, 0.1) is 11.7 Å². The maximum Gasteiger partial charge on any atom is 0.250 e. The van der Waals surface area contributed by atoms with Crippen molar-refractivity contribution in [1.29, 1.82) is 0 Å². The second kappa shape index (κ2) is 6.02. The largest absolute Gasteiger partial charge is 0.328 e. The summed E-state index contributed by atoms with van der Waals surface area (Å²) in [6.45, 7) is 1.86. The van der Waals surface area contributed by atoms with Crippen LogP contribution in [0.15, 0.2) is 42.4 Å². The van der Waals surface area contributed by atoms with Crippen LogP contribution in [0.4, 0.5) is 0 Å². The Balaban J connectivity index is 1.65. The number of amides is 1. The van der Waals surface area contributed by atoms with Gasteiger partial charge in [0.2, 0.25) is 5.91 Å². The Kier molecular flexibility index (Phi) is 3.85. The number of benzene rings is 1. The summed E-state index contributed by atoms with van der Waals surface area (Å²) in [7, 11) is 0. The van der Waals surface area contributed by atoms with Gasteiger partial charge in [-0.05, 0) is 37.5 Å². The van der Waals surface area contributed by atoms with E-state index in [1.165, 1.54) is 0 Å². The van der Waals surface area contributed by atoms with Gasteiger partial charge in [-0.1, -0.05) is 29.8 Å². The van der Waals surface area contributed by atoms with Crippen LogP contribution < -0.4 is 0 Å². The molecule has 1 aromatic carbocycles. The highest BCUT2D eigenvalue weighted by atomic mass is 35.5. The van der Waals surface area contributed by atoms with Crippen molar-refractivity contribution in [3.63, 3.8) is 0 Å². The smallest absolute Gasteiger partial charge is 0.250 e. The molecule has 2 aliphatic heterocycles. The van der Waals surface area contributed by atoms with Gasteiger partial charge in [0.15, 0.2) is 0 Å². The highest BCUT2D eigenvalue weighted by molar-refractivity contribution is 6.32. The number of rotatable bonds is 2. The van der Waals surface area contributed by atoms with E-state index in [0.29, 0.717) is 10.6 Å². The summed E-state index contributed by atoms with van der Waals surface area (Å²) in [5, 5.41) is 0.657. The highest BCUT2D eigenvalue weighted by Crippen LogP contribution is 2.43. The molecule has 1 fully saturated rings. The fraction of sp³-hybridized carbons (Fsp3) is 0.316. The number of carbonyl (C=O) groups is 1. The first kappa shape index (κ1) is 15.3. The molecule has 24 heavy (non-hydrogen) atoms. The summed E-state index contributed by atoms with van der Waals surface area (Å²) in [5.74, 6) is 0.0805. The molecule has 0 aliphatic carbocycles. The van der Waals surface area contributed by atoms with E-state index in [-0.39, 0.29) is 18.0 Å². The van der Waals surface area contributed by atoms with Gasteiger partial charge in [-0.15, -0.1) is 0 Å². The third-order valence-corrected chi connectivity index (χ3v) is 5.31. The summed E-state index contributed by atoms with van der Waals surface area (Å²) in [6, 6.07) is 7.91. The van der Waals surface area contributed by atoms with E-state index >= 15 is 0 Å². The van der Waals surface area contributed by atoms with Crippen LogP contribution >= 0.6 is 11.6 Å². The number of fused-ring (bicyclic) bond motifs is 4. The maximum absolute atomic E-state index is 13.1. The van der Waals surface area contributed by atoms with Crippen LogP contribution in [0.25, 0.3) is 6.08 Å². The van der Waals surface area contributed by atoms with Gasteiger partial charge in [0.1, 0.15) is 6.33 Å². The van der Waals surface area contributed by atoms with Gasteiger partial charge in [-0.25, -0.2) is 9.97 Å². The van der Waals surface area contributed by atoms with Crippen LogP contribution in [0.1, 0.15) is 42.6 Å². The fourth-order valence-electron chi connectivity index (χ4n) is 3.82. The first-order chi connectivity index (χ1) is 11.6. The zero-order chi connectivity index (χ0) is 16.7. The molecule has 2 atom stereocenters. The molecular weight excluding hydrogens is 322 g/mol. The predicted molar refractivity (Wildman–Crippen MR) is 93.4 cm³/mol. The Labute approximate surface area is 146 Å². The second-order valence-corrected chi connectivity index (χ2v) is 6.84. The molecule has 1 aromatic heterocycles. The summed E-state index contributed by atoms with van der Waals surface area (Å²) in [6.07, 6.45) is 8.16. The first-order valence-electron chi connectivity index (χ1n) is 8.19. The lowest BCUT2D eigenvalue weighted by atomic mass is 9.98. The van der Waals surface area contributed by atoms with Crippen molar-refractivity contribution < 1.29 is 4.79 Å². The molecule has 122 valence electrons. The lowest BCUT2D eigenvalue weighted by Crippen LogP contribution is -2.42. The van der Waals surface area contributed by atoms with E-state index in [1.807, 2.05) is 48.4 Å². The normalized spacial score (nSPS) is 22.4. The van der Waals surface area contributed by atoms with Crippen LogP contribution in [0.5, 0.6) is 0 Å². The number of halogens is 1. The van der Waals surface area contributed by atoms with Crippen LogP contribution in [0.3, 0.4) is 0 Å². The molecule has 2 aromatic rings. The zero-order valence-electron chi connectivity index (χ0n) is 13.4. The number of hydrogen-bond acceptors (Lipinski definition) is 3. The van der Waals surface area contributed by atoms with Crippen molar-refractivity contribution in [1.82, 2.24) is 14.9 Å². The van der Waals surface area contributed by atoms with E-state index in [9.17, 15) is 4.79 Å². The molecule has 2 unspecified atom stereocenters. The van der Waals surface area contributed by atoms with Crippen LogP contribution in [-0.2, 0) is 11.2 Å². The second-order valence-electron chi connectivity index (χ2n) is 6.44. The first-order valence-corrected chi connectivity index (χ1v) is 8.57. The van der Waals surface area contributed by atoms with Crippen LogP contribution in [0, 0.1) is 0 Å². The van der Waals surface area contributed by atoms with Gasteiger partial charge in [-0.3, -0.25) is 4.79 Å². The average molecular weight is 340 g/mol. The van der Waals surface area contributed by atoms with Gasteiger partial charge >= 0.3 is 0 Å². The number of aromatic nitrogens is 2. The fourth-order valence-corrected chi connectivity index (χ4v) is 4.01. The molecule has 2 aliphatic rings. The Morgan fingerprint density at radius 1 is 1.33 bits per heavy atom. The highest BCUT2D eigenvalue weighted by Gasteiger charge is 2.43. The van der Waals surface area contributed by atoms with E-state index in [4.69, 9.17) is 11.6 Å². The summed E-state index contributed by atoms with van der Waals surface area (Å²) in [4.78, 5) is 23.6. The Morgan fingerprint density at radius 2 is 2.17 bits per heavy atom. The van der Waals surface area contributed by atoms with E-state index < -0.39 is 0 Å². The Hall–Kier alpha value is -2.20. The molecule has 1 amide bonds. The van der Waals surface area contributed by atoms with E-state index in [1.54, 1.807) is 6.33 Å². The maximum atomic E-state index is 13.1. The van der Waals surface area contributed by atoms with Crippen LogP contribution in [-0.4, -0.2) is 26.8 Å². The molecular formula is C19H18ClN3O. The standard InChI is InChI=1S/C19H18ClN3O/c1-12(8-13-4-2-3-5-16(13)20)19(24)23-14-6-7-18(23)15-10-21-11-22-17(15)9-14/h2-5,8,10-11,14,18H,6-7,9H2,1H3/b12-8+. The van der Waals surface area contributed by atoms with Crippen molar-refractivity contribution in [3.05, 3.63) is 64.2 Å². The van der Waals surface area contributed by atoms with Gasteiger partial charge < -0.3 is 4.90 Å². The van der Waals surface area contributed by atoms with Crippen LogP contribution in [0.2, 0.25) is 5.02 Å². The minimum absolute atomic E-state index is 0.0805. The molecule has 0 saturated carbocycles. The molecule has 3 heterocycles. The molecule has 4 nitrogen and oxygen atoms in total. The molecule has 5 heteroatoms. The SMILES string of the molecule is C/C(=C\c1ccccc1Cl)C(=O)N1C2CCC1c1cncnc1C2. The number of carbonyl (C=O) groups excluding carboxylic acids is 1. The average Bonchev–Trinajstić information content (AvgIpc) is 2.91. The summed E-state index contributed by atoms with van der Waals surface area (Å²) in [5.41, 5.74) is 3.78. The molecule has 0 spiro atoms. The lowest BCUT2D eigenvalue weighted by molar-refractivity contribution is -0.130. The molecule has 0 N–H and O–H groups in total. The van der Waals surface area contributed by atoms with Crippen molar-refractivity contribution in [2.24, 2.45) is 0 Å². The van der Waals surface area contributed by atoms with E-state index in [2.05, 4.69) is 9.97 Å². The Bertz CT molecular complexity index is 833. The molecule has 2 bridgehead atoms. The van der Waals surface area contributed by atoms with Crippen molar-refractivity contribution in [2.75, 3.05) is 0 Å². The third kappa shape index (κ3) is 2.51. The van der Waals surface area contributed by atoms with Crippen molar-refractivity contribution >= 4 is 23.6 Å². The van der Waals surface area contributed by atoms with Gasteiger partial charge in [0, 0.05) is 34.8 Å². The molecule has 4 rings (SSSR count). The predicted octanol–water partition coefficient (Wildman–Crippen LogP) is 3.82. The number of nitrogens with zero attached hydrogens (tertiary/aromatic N) is 3. The Morgan fingerprint density at radius 3 is 3.00 bits per heavy atom. The quantitative estimate of drug-likeness (QED) is 0.781. The molecule has 1 saturated heterocycles. The number of hydrogen-bond donors (Lipinski definition) is 0. The van der Waals surface area contributed by atoms with E-state index in [0.717, 1.165) is 36.1 Å². The summed E-state index contributed by atoms with van der Waals surface area (Å²) < 4.78 is 0. The molecule has 0 radical (unpaired) electrons. The third-order valence-electron chi connectivity index (χ3n) is 4.97. The van der Waals surface area contributed by atoms with Gasteiger partial charge in [0.25, 0.3) is 0 Å². The monoisotopic (exact) mass is 339 g/mol. The van der Waals surface area contributed by atoms with Gasteiger partial charge in [-0.2, -0.15) is 0 Å². The minimum Gasteiger partial charge on any atom is -0.328 e. The summed E-state index contributed by atoms with van der Waals surface area (Å²) >= 11 is 6.21. The zero-order valence-corrected chi connectivity index (χ0v) is 14.2. The van der Waals surface area contributed by atoms with Crippen molar-refractivity contribution in [2.45, 2.75) is 38.3 Å². The topological polar surface area (TPSA) is 46.1 Å². The lowest BCUT2D eigenvalue weighted by Gasteiger charge is -2.35.